The Bertz CT molecular complexity index is 577. The van der Waals surface area contributed by atoms with Crippen molar-refractivity contribution in [1.29, 1.82) is 0 Å². The summed E-state index contributed by atoms with van der Waals surface area (Å²) in [5.41, 5.74) is 6.43. The lowest BCUT2D eigenvalue weighted by Gasteiger charge is -2.40. The van der Waals surface area contributed by atoms with Crippen LogP contribution >= 0.6 is 0 Å². The van der Waals surface area contributed by atoms with Crippen molar-refractivity contribution in [2.75, 3.05) is 5.06 Å². The van der Waals surface area contributed by atoms with Crippen molar-refractivity contribution < 1.29 is 14.4 Å². The van der Waals surface area contributed by atoms with Gasteiger partial charge in [-0.3, -0.25) is 4.79 Å². The SMILES string of the molecule is CC(=O)ON1C(=O)[C@@](N)(C(C)(C)C)CCc2ccccc21. The van der Waals surface area contributed by atoms with Crippen molar-refractivity contribution in [2.45, 2.75) is 46.1 Å². The topological polar surface area (TPSA) is 72.6 Å². The molecule has 2 N–H and O–H groups in total. The monoisotopic (exact) mass is 290 g/mol. The third-order valence-electron chi connectivity index (χ3n) is 4.12. The smallest absolute Gasteiger partial charge is 0.330 e. The van der Waals surface area contributed by atoms with Gasteiger partial charge in [-0.05, 0) is 29.9 Å². The molecule has 0 saturated heterocycles. The number of fused-ring (bicyclic) bond motifs is 1. The van der Waals surface area contributed by atoms with Gasteiger partial charge in [0.15, 0.2) is 0 Å². The van der Waals surface area contributed by atoms with Gasteiger partial charge in [-0.15, -0.1) is 5.06 Å². The molecular formula is C16H22N2O3. The van der Waals surface area contributed by atoms with Crippen LogP contribution in [0.25, 0.3) is 0 Å². The number of nitrogens with zero attached hydrogens (tertiary/aromatic N) is 1. The Kier molecular flexibility index (Phi) is 3.80. The van der Waals surface area contributed by atoms with Gasteiger partial charge < -0.3 is 10.6 Å². The van der Waals surface area contributed by atoms with E-state index >= 15 is 0 Å². The lowest BCUT2D eigenvalue weighted by Crippen LogP contribution is -2.62. The van der Waals surface area contributed by atoms with E-state index in [1.807, 2.05) is 39.0 Å². The number of hydroxylamine groups is 1. The summed E-state index contributed by atoms with van der Waals surface area (Å²) in [6, 6.07) is 7.40. The number of aryl methyl sites for hydroxylation is 1. The summed E-state index contributed by atoms with van der Waals surface area (Å²) in [4.78, 5) is 29.5. The minimum absolute atomic E-state index is 0.379. The molecule has 0 bridgehead atoms. The molecule has 1 amide bonds. The van der Waals surface area contributed by atoms with Crippen LogP contribution in [0.4, 0.5) is 5.69 Å². The molecular weight excluding hydrogens is 268 g/mol. The zero-order valence-corrected chi connectivity index (χ0v) is 13.0. The van der Waals surface area contributed by atoms with Crippen LogP contribution in [-0.2, 0) is 20.8 Å². The highest BCUT2D eigenvalue weighted by atomic mass is 16.7. The minimum Gasteiger partial charge on any atom is -0.333 e. The molecule has 0 aliphatic carbocycles. The molecule has 1 aromatic carbocycles. The molecule has 1 aliphatic heterocycles. The summed E-state index contributed by atoms with van der Waals surface area (Å²) in [5, 5.41) is 1.07. The maximum absolute atomic E-state index is 12.9. The summed E-state index contributed by atoms with van der Waals surface area (Å²) in [7, 11) is 0. The van der Waals surface area contributed by atoms with E-state index in [0.29, 0.717) is 18.5 Å². The Morgan fingerprint density at radius 1 is 1.33 bits per heavy atom. The number of carbonyl (C=O) groups excluding carboxylic acids is 2. The fraction of sp³-hybridized carbons (Fsp3) is 0.500. The van der Waals surface area contributed by atoms with Gasteiger partial charge >= 0.3 is 5.97 Å². The second-order valence-corrected chi connectivity index (χ2v) is 6.53. The molecule has 0 unspecified atom stereocenters. The molecule has 5 nitrogen and oxygen atoms in total. The first-order valence-corrected chi connectivity index (χ1v) is 7.07. The molecule has 0 fully saturated rings. The third-order valence-corrected chi connectivity index (χ3v) is 4.12. The number of nitrogens with two attached hydrogens (primary N) is 1. The van der Waals surface area contributed by atoms with Gasteiger partial charge in [-0.1, -0.05) is 39.0 Å². The molecule has 2 rings (SSSR count). The summed E-state index contributed by atoms with van der Waals surface area (Å²) in [6.07, 6.45) is 1.16. The van der Waals surface area contributed by atoms with Crippen molar-refractivity contribution >= 4 is 17.6 Å². The Balaban J connectivity index is 2.55. The molecule has 1 atom stereocenters. The number of rotatable bonds is 1. The molecule has 1 heterocycles. The number of carbonyl (C=O) groups is 2. The van der Waals surface area contributed by atoms with Gasteiger partial charge in [-0.2, -0.15) is 0 Å². The number of anilines is 1. The second kappa shape index (κ2) is 5.15. The van der Waals surface area contributed by atoms with Crippen molar-refractivity contribution in [3.05, 3.63) is 29.8 Å². The van der Waals surface area contributed by atoms with E-state index in [-0.39, 0.29) is 5.91 Å². The molecule has 21 heavy (non-hydrogen) atoms. The van der Waals surface area contributed by atoms with Crippen LogP contribution in [-0.4, -0.2) is 17.4 Å². The Labute approximate surface area is 125 Å². The minimum atomic E-state index is -1.10. The third kappa shape index (κ3) is 2.65. The lowest BCUT2D eigenvalue weighted by molar-refractivity contribution is -0.151. The molecule has 0 radical (unpaired) electrons. The molecule has 114 valence electrons. The fourth-order valence-electron chi connectivity index (χ4n) is 2.56. The highest BCUT2D eigenvalue weighted by Crippen LogP contribution is 2.39. The van der Waals surface area contributed by atoms with Crippen molar-refractivity contribution in [3.8, 4) is 0 Å². The Hall–Kier alpha value is -1.88. The number of amides is 1. The Morgan fingerprint density at radius 2 is 1.95 bits per heavy atom. The fourth-order valence-corrected chi connectivity index (χ4v) is 2.56. The molecule has 1 aliphatic rings. The number of hydrogen-bond donors (Lipinski definition) is 1. The van der Waals surface area contributed by atoms with Crippen LogP contribution in [0.1, 0.15) is 39.7 Å². The van der Waals surface area contributed by atoms with E-state index in [0.717, 1.165) is 10.6 Å². The molecule has 5 heteroatoms. The van der Waals surface area contributed by atoms with E-state index in [1.54, 1.807) is 6.07 Å². The van der Waals surface area contributed by atoms with Gasteiger partial charge in [0.2, 0.25) is 0 Å². The van der Waals surface area contributed by atoms with E-state index in [1.165, 1.54) is 6.92 Å². The first-order chi connectivity index (χ1) is 9.67. The van der Waals surface area contributed by atoms with Crippen LogP contribution in [0.5, 0.6) is 0 Å². The number of benzene rings is 1. The molecule has 1 aromatic rings. The number of para-hydroxylation sites is 1. The van der Waals surface area contributed by atoms with Crippen LogP contribution < -0.4 is 10.8 Å². The highest BCUT2D eigenvalue weighted by molar-refractivity contribution is 6.01. The van der Waals surface area contributed by atoms with Gasteiger partial charge in [0.25, 0.3) is 5.91 Å². The van der Waals surface area contributed by atoms with Gasteiger partial charge in [0.1, 0.15) is 5.54 Å². The van der Waals surface area contributed by atoms with Gasteiger partial charge in [0, 0.05) is 6.92 Å². The molecule has 0 saturated carbocycles. The van der Waals surface area contributed by atoms with Crippen molar-refractivity contribution in [1.82, 2.24) is 0 Å². The van der Waals surface area contributed by atoms with E-state index < -0.39 is 16.9 Å². The predicted octanol–water partition coefficient (Wildman–Crippen LogP) is 2.19. The van der Waals surface area contributed by atoms with Gasteiger partial charge in [0.05, 0.1) is 5.69 Å². The van der Waals surface area contributed by atoms with Gasteiger partial charge in [-0.25, -0.2) is 4.79 Å². The Morgan fingerprint density at radius 3 is 2.52 bits per heavy atom. The van der Waals surface area contributed by atoms with Crippen LogP contribution in [0.2, 0.25) is 0 Å². The molecule has 0 spiro atoms. The lowest BCUT2D eigenvalue weighted by atomic mass is 9.71. The van der Waals surface area contributed by atoms with Crippen LogP contribution in [0.3, 0.4) is 0 Å². The maximum atomic E-state index is 12.9. The normalized spacial score (nSPS) is 22.5. The highest BCUT2D eigenvalue weighted by Gasteiger charge is 2.50. The average Bonchev–Trinajstić information content (AvgIpc) is 2.49. The average molecular weight is 290 g/mol. The molecule has 0 aromatic heterocycles. The quantitative estimate of drug-likeness (QED) is 0.860. The van der Waals surface area contributed by atoms with Crippen LogP contribution in [0, 0.1) is 5.41 Å². The zero-order chi connectivity index (χ0) is 15.8. The summed E-state index contributed by atoms with van der Waals surface area (Å²) in [6.45, 7) is 7.04. The predicted molar refractivity (Wildman–Crippen MR) is 80.4 cm³/mol. The van der Waals surface area contributed by atoms with Crippen molar-refractivity contribution in [3.63, 3.8) is 0 Å². The largest absolute Gasteiger partial charge is 0.333 e. The summed E-state index contributed by atoms with van der Waals surface area (Å²) < 4.78 is 0. The van der Waals surface area contributed by atoms with Crippen molar-refractivity contribution in [2.24, 2.45) is 11.1 Å². The standard InChI is InChI=1S/C16H22N2O3/c1-11(19)21-18-13-8-6-5-7-12(13)9-10-16(17,14(18)20)15(2,3)4/h5-8H,9-10,17H2,1-4H3/t16-/m1/s1. The van der Waals surface area contributed by atoms with E-state index in [2.05, 4.69) is 0 Å². The maximum Gasteiger partial charge on any atom is 0.330 e. The number of hydrogen-bond acceptors (Lipinski definition) is 4. The van der Waals surface area contributed by atoms with Crippen LogP contribution in [0.15, 0.2) is 24.3 Å². The first kappa shape index (κ1) is 15.5. The summed E-state index contributed by atoms with van der Waals surface area (Å²) >= 11 is 0. The summed E-state index contributed by atoms with van der Waals surface area (Å²) in [5.74, 6) is -0.925. The van der Waals surface area contributed by atoms with E-state index in [9.17, 15) is 9.59 Å². The first-order valence-electron chi connectivity index (χ1n) is 7.07. The second-order valence-electron chi connectivity index (χ2n) is 6.53. The zero-order valence-electron chi connectivity index (χ0n) is 13.0. The van der Waals surface area contributed by atoms with E-state index in [4.69, 9.17) is 10.6 Å².